The summed E-state index contributed by atoms with van der Waals surface area (Å²) >= 11 is 0. The van der Waals surface area contributed by atoms with E-state index >= 15 is 0 Å². The van der Waals surface area contributed by atoms with E-state index in [-0.39, 0.29) is 12.1 Å². The van der Waals surface area contributed by atoms with Crippen LogP contribution in [0.3, 0.4) is 0 Å². The van der Waals surface area contributed by atoms with Crippen LogP contribution in [0, 0.1) is 0 Å². The van der Waals surface area contributed by atoms with Gasteiger partial charge in [0.05, 0.1) is 7.11 Å². The van der Waals surface area contributed by atoms with E-state index in [1.807, 2.05) is 24.3 Å². The van der Waals surface area contributed by atoms with E-state index < -0.39 is 0 Å². The van der Waals surface area contributed by atoms with Crippen molar-refractivity contribution >= 4 is 5.97 Å². The highest BCUT2D eigenvalue weighted by atomic mass is 16.5. The maximum atomic E-state index is 11.0. The van der Waals surface area contributed by atoms with Crippen LogP contribution in [0.4, 0.5) is 0 Å². The Morgan fingerprint density at radius 3 is 2.88 bits per heavy atom. The molecule has 0 saturated carbocycles. The van der Waals surface area contributed by atoms with E-state index in [0.29, 0.717) is 6.42 Å². The SMILES string of the molecule is C=CCC(OC(C)=O)c1cccc(OC)c1. The summed E-state index contributed by atoms with van der Waals surface area (Å²) in [4.78, 5) is 11.0. The Bertz CT molecular complexity index is 371. The van der Waals surface area contributed by atoms with Gasteiger partial charge in [-0.05, 0) is 17.7 Å². The van der Waals surface area contributed by atoms with Gasteiger partial charge in [0.1, 0.15) is 11.9 Å². The van der Waals surface area contributed by atoms with Crippen LogP contribution >= 0.6 is 0 Å². The predicted molar refractivity (Wildman–Crippen MR) is 62.3 cm³/mol. The third-order valence-electron chi connectivity index (χ3n) is 2.15. The van der Waals surface area contributed by atoms with Crippen LogP contribution in [0.2, 0.25) is 0 Å². The second-order valence-corrected chi connectivity index (χ2v) is 3.40. The molecule has 0 spiro atoms. The molecule has 0 saturated heterocycles. The number of carbonyl (C=O) groups is 1. The van der Waals surface area contributed by atoms with E-state index in [1.54, 1.807) is 13.2 Å². The zero-order valence-electron chi connectivity index (χ0n) is 9.60. The average Bonchev–Trinajstić information content (AvgIpc) is 2.28. The molecule has 0 radical (unpaired) electrons. The van der Waals surface area contributed by atoms with Gasteiger partial charge in [-0.3, -0.25) is 4.79 Å². The van der Waals surface area contributed by atoms with Crippen LogP contribution in [-0.4, -0.2) is 13.1 Å². The molecule has 0 aromatic heterocycles. The first-order valence-electron chi connectivity index (χ1n) is 5.09. The fourth-order valence-electron chi connectivity index (χ4n) is 1.45. The van der Waals surface area contributed by atoms with Crippen LogP contribution in [0.25, 0.3) is 0 Å². The minimum atomic E-state index is -0.297. The molecule has 0 fully saturated rings. The number of methoxy groups -OCH3 is 1. The summed E-state index contributed by atoms with van der Waals surface area (Å²) in [7, 11) is 1.60. The van der Waals surface area contributed by atoms with E-state index in [2.05, 4.69) is 6.58 Å². The summed E-state index contributed by atoms with van der Waals surface area (Å²) in [6, 6.07) is 7.48. The van der Waals surface area contributed by atoms with Gasteiger partial charge in [0.2, 0.25) is 0 Å². The quantitative estimate of drug-likeness (QED) is 0.565. The molecular weight excluding hydrogens is 204 g/mol. The number of ether oxygens (including phenoxy) is 2. The molecule has 1 aromatic rings. The molecule has 0 amide bonds. The maximum Gasteiger partial charge on any atom is 0.303 e. The molecule has 86 valence electrons. The normalized spacial score (nSPS) is 11.6. The van der Waals surface area contributed by atoms with Crippen molar-refractivity contribution in [1.82, 2.24) is 0 Å². The van der Waals surface area contributed by atoms with Crippen molar-refractivity contribution in [3.8, 4) is 5.75 Å². The van der Waals surface area contributed by atoms with Gasteiger partial charge in [0.25, 0.3) is 0 Å². The van der Waals surface area contributed by atoms with Crippen LogP contribution in [0.1, 0.15) is 25.0 Å². The molecule has 1 unspecified atom stereocenters. The molecule has 0 aliphatic carbocycles. The van der Waals surface area contributed by atoms with E-state index in [1.165, 1.54) is 6.92 Å². The van der Waals surface area contributed by atoms with Crippen LogP contribution < -0.4 is 4.74 Å². The van der Waals surface area contributed by atoms with Crippen molar-refractivity contribution in [2.24, 2.45) is 0 Å². The lowest BCUT2D eigenvalue weighted by atomic mass is 10.1. The minimum Gasteiger partial charge on any atom is -0.497 e. The second kappa shape index (κ2) is 5.95. The number of carbonyl (C=O) groups excluding carboxylic acids is 1. The molecule has 1 aromatic carbocycles. The minimum absolute atomic E-state index is 0.287. The Hall–Kier alpha value is -1.77. The first-order chi connectivity index (χ1) is 7.67. The Kier molecular flexibility index (Phi) is 4.58. The van der Waals surface area contributed by atoms with Crippen molar-refractivity contribution < 1.29 is 14.3 Å². The standard InChI is InChI=1S/C13H16O3/c1-4-6-13(16-10(2)14)11-7-5-8-12(9-11)15-3/h4-5,7-9,13H,1,6H2,2-3H3. The summed E-state index contributed by atoms with van der Waals surface area (Å²) < 4.78 is 10.3. The van der Waals surface area contributed by atoms with Gasteiger partial charge < -0.3 is 9.47 Å². The van der Waals surface area contributed by atoms with Gasteiger partial charge in [-0.15, -0.1) is 6.58 Å². The van der Waals surface area contributed by atoms with Crippen LogP contribution in [0.15, 0.2) is 36.9 Å². The summed E-state index contributed by atoms with van der Waals surface area (Å²) in [6.45, 7) is 5.05. The molecule has 0 N–H and O–H groups in total. The lowest BCUT2D eigenvalue weighted by molar-refractivity contribution is -0.146. The first kappa shape index (κ1) is 12.3. The molecule has 1 rings (SSSR count). The predicted octanol–water partition coefficient (Wildman–Crippen LogP) is 2.88. The molecule has 16 heavy (non-hydrogen) atoms. The van der Waals surface area contributed by atoms with Crippen molar-refractivity contribution in [1.29, 1.82) is 0 Å². The first-order valence-corrected chi connectivity index (χ1v) is 5.09. The fraction of sp³-hybridized carbons (Fsp3) is 0.308. The molecule has 0 aliphatic rings. The lowest BCUT2D eigenvalue weighted by Crippen LogP contribution is -2.07. The molecular formula is C13H16O3. The van der Waals surface area contributed by atoms with Gasteiger partial charge >= 0.3 is 5.97 Å². The highest BCUT2D eigenvalue weighted by Crippen LogP contribution is 2.25. The maximum absolute atomic E-state index is 11.0. The van der Waals surface area contributed by atoms with Crippen LogP contribution in [0.5, 0.6) is 5.75 Å². The Morgan fingerprint density at radius 2 is 2.31 bits per heavy atom. The van der Waals surface area contributed by atoms with Gasteiger partial charge in [0, 0.05) is 13.3 Å². The molecule has 3 nitrogen and oxygen atoms in total. The van der Waals surface area contributed by atoms with Crippen molar-refractivity contribution in [3.05, 3.63) is 42.5 Å². The molecule has 0 bridgehead atoms. The topological polar surface area (TPSA) is 35.5 Å². The Morgan fingerprint density at radius 1 is 1.56 bits per heavy atom. The smallest absolute Gasteiger partial charge is 0.303 e. The molecule has 0 aliphatic heterocycles. The number of rotatable bonds is 5. The lowest BCUT2D eigenvalue weighted by Gasteiger charge is -2.16. The number of hydrogen-bond donors (Lipinski definition) is 0. The summed E-state index contributed by atoms with van der Waals surface area (Å²) in [5.41, 5.74) is 0.912. The van der Waals surface area contributed by atoms with E-state index in [4.69, 9.17) is 9.47 Å². The highest BCUT2D eigenvalue weighted by molar-refractivity contribution is 5.66. The van der Waals surface area contributed by atoms with Crippen molar-refractivity contribution in [2.45, 2.75) is 19.4 Å². The highest BCUT2D eigenvalue weighted by Gasteiger charge is 2.13. The van der Waals surface area contributed by atoms with Crippen LogP contribution in [-0.2, 0) is 9.53 Å². The number of esters is 1. The third-order valence-corrected chi connectivity index (χ3v) is 2.15. The zero-order chi connectivity index (χ0) is 12.0. The second-order valence-electron chi connectivity index (χ2n) is 3.40. The summed E-state index contributed by atoms with van der Waals surface area (Å²) in [5.74, 6) is 0.452. The largest absolute Gasteiger partial charge is 0.497 e. The monoisotopic (exact) mass is 220 g/mol. The molecule has 3 heteroatoms. The van der Waals surface area contributed by atoms with Crippen molar-refractivity contribution in [2.75, 3.05) is 7.11 Å². The zero-order valence-corrected chi connectivity index (χ0v) is 9.60. The summed E-state index contributed by atoms with van der Waals surface area (Å²) in [5, 5.41) is 0. The average molecular weight is 220 g/mol. The van der Waals surface area contributed by atoms with E-state index in [9.17, 15) is 4.79 Å². The number of hydrogen-bond acceptors (Lipinski definition) is 3. The van der Waals surface area contributed by atoms with Gasteiger partial charge in [0.15, 0.2) is 0 Å². The fourth-order valence-corrected chi connectivity index (χ4v) is 1.45. The van der Waals surface area contributed by atoms with Crippen molar-refractivity contribution in [3.63, 3.8) is 0 Å². The molecule has 0 heterocycles. The summed E-state index contributed by atoms with van der Waals surface area (Å²) in [6.07, 6.45) is 2.03. The Balaban J connectivity index is 2.90. The Labute approximate surface area is 95.7 Å². The number of benzene rings is 1. The van der Waals surface area contributed by atoms with E-state index in [0.717, 1.165) is 11.3 Å². The van der Waals surface area contributed by atoms with Gasteiger partial charge in [-0.2, -0.15) is 0 Å². The third kappa shape index (κ3) is 3.42. The molecule has 1 atom stereocenters. The van der Waals surface area contributed by atoms with Gasteiger partial charge in [-0.25, -0.2) is 0 Å². The van der Waals surface area contributed by atoms with Gasteiger partial charge in [-0.1, -0.05) is 18.2 Å².